The lowest BCUT2D eigenvalue weighted by Crippen LogP contribution is -2.31. The lowest BCUT2D eigenvalue weighted by Gasteiger charge is -2.12. The first kappa shape index (κ1) is 11.2. The zero-order chi connectivity index (χ0) is 13.0. The first-order valence-electron chi connectivity index (χ1n) is 7.01. The van der Waals surface area contributed by atoms with E-state index in [0.29, 0.717) is 17.3 Å². The molecule has 1 amide bonds. The van der Waals surface area contributed by atoms with Gasteiger partial charge in [-0.1, -0.05) is 0 Å². The summed E-state index contributed by atoms with van der Waals surface area (Å²) in [5, 5.41) is 3.17. The number of carbonyl (C=O) groups is 1. The van der Waals surface area contributed by atoms with Gasteiger partial charge in [0, 0.05) is 18.4 Å². The molecule has 100 valence electrons. The third-order valence-corrected chi connectivity index (χ3v) is 5.25. The number of carbonyl (C=O) groups excluding carboxylic acids is 1. The summed E-state index contributed by atoms with van der Waals surface area (Å²) in [6.07, 6.45) is 7.31. The van der Waals surface area contributed by atoms with E-state index in [4.69, 9.17) is 5.84 Å². The number of nitrogens with one attached hydrogen (secondary N) is 2. The van der Waals surface area contributed by atoms with E-state index in [2.05, 4.69) is 15.7 Å². The fourth-order valence-electron chi connectivity index (χ4n) is 4.45. The van der Waals surface area contributed by atoms with Gasteiger partial charge in [0.2, 0.25) is 0 Å². The molecule has 4 unspecified atom stereocenters. The molecular weight excluding hydrogens is 240 g/mol. The van der Waals surface area contributed by atoms with Crippen molar-refractivity contribution in [3.05, 3.63) is 24.0 Å². The van der Waals surface area contributed by atoms with Gasteiger partial charge >= 0.3 is 0 Å². The Balaban J connectivity index is 1.48. The summed E-state index contributed by atoms with van der Waals surface area (Å²) >= 11 is 0. The Morgan fingerprint density at radius 2 is 2.05 bits per heavy atom. The van der Waals surface area contributed by atoms with E-state index in [9.17, 15) is 4.79 Å². The summed E-state index contributed by atoms with van der Waals surface area (Å²) in [4.78, 5) is 16.3. The number of aromatic nitrogens is 1. The summed E-state index contributed by atoms with van der Waals surface area (Å²) in [6, 6.07) is 2.11. The summed E-state index contributed by atoms with van der Waals surface area (Å²) in [5.41, 5.74) is 3.71. The van der Waals surface area contributed by atoms with E-state index in [0.717, 1.165) is 23.7 Å². The van der Waals surface area contributed by atoms with Gasteiger partial charge in [-0.15, -0.1) is 0 Å². The van der Waals surface area contributed by atoms with Crippen molar-refractivity contribution in [2.45, 2.75) is 25.3 Å². The van der Waals surface area contributed by atoms with Crippen molar-refractivity contribution in [1.29, 1.82) is 0 Å². The predicted octanol–water partition coefficient (Wildman–Crippen LogP) is 1.14. The molecule has 4 rings (SSSR count). The first-order chi connectivity index (χ1) is 9.29. The number of nitrogens with zero attached hydrogens (tertiary/aromatic N) is 1. The van der Waals surface area contributed by atoms with Crippen LogP contribution in [0.1, 0.15) is 29.6 Å². The molecule has 0 aliphatic heterocycles. The molecule has 4 atom stereocenters. The molecule has 4 N–H and O–H groups in total. The fraction of sp³-hybridized carbons (Fsp3) is 0.571. The second-order valence-corrected chi connectivity index (χ2v) is 6.05. The number of anilines is 1. The number of hydrazine groups is 1. The normalized spacial score (nSPS) is 37.8. The Labute approximate surface area is 111 Å². The average Bonchev–Trinajstić information content (AvgIpc) is 2.85. The number of fused-ring (bicyclic) bond motifs is 5. The number of amides is 1. The molecular formula is C14H18N4O. The fourth-order valence-corrected chi connectivity index (χ4v) is 4.45. The smallest absolute Gasteiger partial charge is 0.255 e. The quantitative estimate of drug-likeness (QED) is 0.561. The van der Waals surface area contributed by atoms with Crippen LogP contribution in [0, 0.1) is 23.7 Å². The number of hydrogen-bond donors (Lipinski definition) is 3. The predicted molar refractivity (Wildman–Crippen MR) is 71.1 cm³/mol. The Hall–Kier alpha value is -1.62. The molecule has 19 heavy (non-hydrogen) atoms. The van der Waals surface area contributed by atoms with E-state index in [1.54, 1.807) is 18.5 Å². The van der Waals surface area contributed by atoms with Gasteiger partial charge in [0.15, 0.2) is 0 Å². The van der Waals surface area contributed by atoms with Crippen LogP contribution in [-0.2, 0) is 0 Å². The molecule has 3 aliphatic carbocycles. The minimum absolute atomic E-state index is 0.0557. The maximum atomic E-state index is 12.3. The Bertz CT molecular complexity index is 516. The highest BCUT2D eigenvalue weighted by atomic mass is 16.1. The van der Waals surface area contributed by atoms with Crippen molar-refractivity contribution in [2.24, 2.45) is 29.5 Å². The Kier molecular flexibility index (Phi) is 2.33. The van der Waals surface area contributed by atoms with Crippen LogP contribution in [0.3, 0.4) is 0 Å². The third-order valence-electron chi connectivity index (χ3n) is 5.25. The van der Waals surface area contributed by atoms with E-state index >= 15 is 0 Å². The van der Waals surface area contributed by atoms with Crippen LogP contribution in [-0.4, -0.2) is 16.9 Å². The second kappa shape index (κ2) is 3.93. The monoisotopic (exact) mass is 258 g/mol. The zero-order valence-electron chi connectivity index (χ0n) is 10.7. The molecule has 0 aromatic carbocycles. The van der Waals surface area contributed by atoms with Crippen LogP contribution < -0.4 is 16.6 Å². The first-order valence-corrected chi connectivity index (χ1v) is 7.01. The Morgan fingerprint density at radius 3 is 2.74 bits per heavy atom. The van der Waals surface area contributed by atoms with Crippen LogP contribution in [0.15, 0.2) is 18.5 Å². The van der Waals surface area contributed by atoms with Crippen LogP contribution in [0.4, 0.5) is 5.69 Å². The molecule has 5 nitrogen and oxygen atoms in total. The standard InChI is InChI=1S/C14H18N4O/c15-18-10-3-4-16-6-9(10)14(19)17-13-11-7-1-2-8(5-7)12(11)13/h3-4,6-8,11-13H,1-2,5,15H2,(H,16,18)(H,17,19). The average molecular weight is 258 g/mol. The molecule has 0 radical (unpaired) electrons. The minimum atomic E-state index is -0.0557. The van der Waals surface area contributed by atoms with Crippen LogP contribution >= 0.6 is 0 Å². The maximum absolute atomic E-state index is 12.3. The summed E-state index contributed by atoms with van der Waals surface area (Å²) in [7, 11) is 0. The lowest BCUT2D eigenvalue weighted by molar-refractivity contribution is 0.0944. The number of nitrogens with two attached hydrogens (primary N) is 1. The number of rotatable bonds is 3. The van der Waals surface area contributed by atoms with Gasteiger partial charge in [0.25, 0.3) is 5.91 Å². The van der Waals surface area contributed by atoms with Crippen molar-refractivity contribution in [3.8, 4) is 0 Å². The summed E-state index contributed by atoms with van der Waals surface area (Å²) in [5.74, 6) is 8.58. The van der Waals surface area contributed by atoms with Gasteiger partial charge in [0.05, 0.1) is 11.3 Å². The number of hydrogen-bond acceptors (Lipinski definition) is 4. The van der Waals surface area contributed by atoms with E-state index < -0.39 is 0 Å². The molecule has 3 fully saturated rings. The lowest BCUT2D eigenvalue weighted by atomic mass is 10.0. The number of pyridine rings is 1. The summed E-state index contributed by atoms with van der Waals surface area (Å²) in [6.45, 7) is 0. The van der Waals surface area contributed by atoms with Gasteiger partial charge in [0.1, 0.15) is 0 Å². The number of nitrogen functional groups attached to an aromatic ring is 1. The molecule has 1 heterocycles. The summed E-state index contributed by atoms with van der Waals surface area (Å²) < 4.78 is 0. The van der Waals surface area contributed by atoms with Crippen molar-refractivity contribution < 1.29 is 4.79 Å². The molecule has 2 bridgehead atoms. The largest absolute Gasteiger partial charge is 0.349 e. The van der Waals surface area contributed by atoms with Gasteiger partial charge in [-0.2, -0.15) is 0 Å². The third kappa shape index (κ3) is 1.57. The van der Waals surface area contributed by atoms with E-state index in [1.807, 2.05) is 0 Å². The van der Waals surface area contributed by atoms with Crippen LogP contribution in [0.25, 0.3) is 0 Å². The van der Waals surface area contributed by atoms with Gasteiger partial charge < -0.3 is 10.7 Å². The molecule has 1 aromatic heterocycles. The molecule has 5 heteroatoms. The van der Waals surface area contributed by atoms with Gasteiger partial charge in [-0.3, -0.25) is 15.6 Å². The molecule has 1 aromatic rings. The topological polar surface area (TPSA) is 80.0 Å². The zero-order valence-corrected chi connectivity index (χ0v) is 10.7. The van der Waals surface area contributed by atoms with Crippen LogP contribution in [0.2, 0.25) is 0 Å². The molecule has 3 aliphatic rings. The van der Waals surface area contributed by atoms with Gasteiger partial charge in [-0.25, -0.2) is 0 Å². The van der Waals surface area contributed by atoms with E-state index in [1.165, 1.54) is 19.3 Å². The molecule has 0 saturated heterocycles. The second-order valence-electron chi connectivity index (χ2n) is 6.05. The highest BCUT2D eigenvalue weighted by Crippen LogP contribution is 2.65. The molecule has 0 spiro atoms. The minimum Gasteiger partial charge on any atom is -0.349 e. The van der Waals surface area contributed by atoms with Crippen molar-refractivity contribution in [2.75, 3.05) is 5.43 Å². The molecule has 3 saturated carbocycles. The maximum Gasteiger partial charge on any atom is 0.255 e. The van der Waals surface area contributed by atoms with Crippen molar-refractivity contribution >= 4 is 11.6 Å². The highest BCUT2D eigenvalue weighted by molar-refractivity contribution is 5.99. The van der Waals surface area contributed by atoms with Crippen molar-refractivity contribution in [1.82, 2.24) is 10.3 Å². The van der Waals surface area contributed by atoms with E-state index in [-0.39, 0.29) is 5.91 Å². The SMILES string of the molecule is NNc1ccncc1C(=O)NC1C2C3CCC(C3)C12. The van der Waals surface area contributed by atoms with Crippen LogP contribution in [0.5, 0.6) is 0 Å². The Morgan fingerprint density at radius 1 is 1.32 bits per heavy atom. The van der Waals surface area contributed by atoms with Crippen molar-refractivity contribution in [3.63, 3.8) is 0 Å². The van der Waals surface area contributed by atoms with Gasteiger partial charge in [-0.05, 0) is 49.0 Å². The highest BCUT2D eigenvalue weighted by Gasteiger charge is 2.65.